The van der Waals surface area contributed by atoms with E-state index in [9.17, 15) is 26.4 Å². The second kappa shape index (κ2) is 23.6. The fraction of sp³-hybridized carbons (Fsp3) is 0.263. The molecule has 2 aliphatic rings. The number of para-hydroxylation sites is 2. The highest BCUT2D eigenvalue weighted by molar-refractivity contribution is 7.89. The number of urea groups is 1. The molecule has 296 valence electrons. The summed E-state index contributed by atoms with van der Waals surface area (Å²) in [5, 5.41) is 5.40. The first-order valence-corrected chi connectivity index (χ1v) is 19.9. The van der Waals surface area contributed by atoms with Crippen LogP contribution in [-0.2, 0) is 44.0 Å². The van der Waals surface area contributed by atoms with E-state index in [-0.39, 0.29) is 35.3 Å². The van der Waals surface area contributed by atoms with Crippen molar-refractivity contribution in [2.75, 3.05) is 29.5 Å². The Bertz CT molecular complexity index is 2140. The number of isocyanates is 1. The van der Waals surface area contributed by atoms with Crippen molar-refractivity contribution in [3.63, 3.8) is 0 Å². The molecule has 2 aliphatic heterocycles. The summed E-state index contributed by atoms with van der Waals surface area (Å²) in [5.74, 6) is 0. The summed E-state index contributed by atoms with van der Waals surface area (Å²) < 4.78 is 52.9. The Balaban J connectivity index is 0.000000297. The first-order chi connectivity index (χ1) is 26.7. The first-order valence-electron chi connectivity index (χ1n) is 17.0. The molecule has 0 spiro atoms. The van der Waals surface area contributed by atoms with Crippen molar-refractivity contribution < 1.29 is 45.6 Å². The minimum absolute atomic E-state index is 0.0273. The molecule has 6 rings (SSSR count). The molecule has 2 fully saturated rings. The highest BCUT2D eigenvalue weighted by Crippen LogP contribution is 2.27. The number of nitrogens with two attached hydrogens (primary N) is 1. The zero-order valence-electron chi connectivity index (χ0n) is 30.6. The molecule has 4 aromatic carbocycles. The van der Waals surface area contributed by atoms with Crippen LogP contribution in [0, 0.1) is 0 Å². The van der Waals surface area contributed by atoms with Crippen LogP contribution >= 0.6 is 0 Å². The van der Waals surface area contributed by atoms with Gasteiger partial charge in [0.2, 0.25) is 26.1 Å². The molecule has 4 N–H and O–H groups in total. The fourth-order valence-corrected chi connectivity index (χ4v) is 8.92. The van der Waals surface area contributed by atoms with Crippen LogP contribution in [0.1, 0.15) is 39.5 Å². The maximum Gasteiger partial charge on any atom is 0.373 e. The second-order valence-electron chi connectivity index (χ2n) is 12.0. The van der Waals surface area contributed by atoms with Crippen molar-refractivity contribution in [3.05, 3.63) is 109 Å². The van der Waals surface area contributed by atoms with Crippen LogP contribution in [0.4, 0.5) is 27.5 Å². The van der Waals surface area contributed by atoms with Gasteiger partial charge in [-0.2, -0.15) is 32.8 Å². The maximum absolute atomic E-state index is 12.6. The van der Waals surface area contributed by atoms with Gasteiger partial charge >= 0.3 is 18.3 Å². The molecule has 2 amide bonds. The average molecular weight is 807 g/mol. The Labute approximate surface area is 325 Å². The number of benzene rings is 4. The van der Waals surface area contributed by atoms with Gasteiger partial charge in [0.15, 0.2) is 0 Å². The van der Waals surface area contributed by atoms with E-state index in [4.69, 9.17) is 24.9 Å². The minimum Gasteiger partial charge on any atom is -0.399 e. The van der Waals surface area contributed by atoms with E-state index in [1.165, 1.54) is 22.5 Å². The number of anilines is 3. The summed E-state index contributed by atoms with van der Waals surface area (Å²) in [4.78, 5) is 58.1. The number of nitrogens with zero attached hydrogens (tertiary/aromatic N) is 3. The lowest BCUT2D eigenvalue weighted by molar-refractivity contribution is -0.193. The van der Waals surface area contributed by atoms with E-state index in [1.807, 2.05) is 50.2 Å². The Kier molecular flexibility index (Phi) is 19.4. The first kappa shape index (κ1) is 46.1. The standard InChI is InChI=1S/C18H21N3O3S.C11H16N2O2S.C7H5NO.2CO2/c1-14-6-5-13-21(14)25(23,24)17-11-9-16(10-12-17)20-18(22)19-15-7-3-2-4-8-15;1-9-3-2-8-13(9)16(14,15)11-6-4-10(12)5-7-11;9-6-8-7-4-2-1-3-5-7;2*2-1-3/h2-4,7-12,14H,5-6,13H2,1H3,(H2,19,20,22);4-7,9H,2-3,8,12H2,1H3;1-5H;;/t14-;9-;;;/m11.../s1. The number of amides is 2. The molecular weight excluding hydrogens is 765 g/mol. The topological polar surface area (TPSA) is 240 Å². The van der Waals surface area contributed by atoms with Crippen LogP contribution in [0.15, 0.2) is 124 Å². The number of sulfonamides is 2. The monoisotopic (exact) mass is 806 g/mol. The number of aliphatic imine (C=N–C) groups is 1. The molecule has 56 heavy (non-hydrogen) atoms. The number of nitrogen functional groups attached to an aromatic ring is 1. The van der Waals surface area contributed by atoms with Crippen molar-refractivity contribution in [2.24, 2.45) is 4.99 Å². The highest BCUT2D eigenvalue weighted by Gasteiger charge is 2.33. The Hall–Kier alpha value is -6.09. The molecular formula is C38H42N6O10S2. The number of carbonyl (C=O) groups is 1. The fourth-order valence-electron chi connectivity index (χ4n) is 5.52. The highest BCUT2D eigenvalue weighted by atomic mass is 32.2. The van der Waals surface area contributed by atoms with E-state index in [0.717, 1.165) is 25.7 Å². The van der Waals surface area contributed by atoms with Gasteiger partial charge in [0.25, 0.3) is 0 Å². The van der Waals surface area contributed by atoms with Crippen LogP contribution < -0.4 is 16.4 Å². The van der Waals surface area contributed by atoms with Crippen molar-refractivity contribution in [1.29, 1.82) is 0 Å². The van der Waals surface area contributed by atoms with E-state index in [1.54, 1.807) is 65.0 Å². The molecule has 16 nitrogen and oxygen atoms in total. The molecule has 2 atom stereocenters. The number of carbonyl (C=O) groups excluding carboxylic acids is 6. The summed E-state index contributed by atoms with van der Waals surface area (Å²) in [7, 11) is -6.80. The average Bonchev–Trinajstić information content (AvgIpc) is 3.83. The lowest BCUT2D eigenvalue weighted by Gasteiger charge is -2.21. The lowest BCUT2D eigenvalue weighted by atomic mass is 10.3. The molecule has 0 saturated carbocycles. The molecule has 0 aromatic heterocycles. The van der Waals surface area contributed by atoms with Gasteiger partial charge in [0.1, 0.15) is 0 Å². The summed E-state index contributed by atoms with van der Waals surface area (Å²) in [5.41, 5.74) is 7.98. The van der Waals surface area contributed by atoms with Gasteiger partial charge in [-0.15, -0.1) is 0 Å². The largest absolute Gasteiger partial charge is 0.399 e. The molecule has 0 bridgehead atoms. The Morgan fingerprint density at radius 3 is 1.38 bits per heavy atom. The van der Waals surface area contributed by atoms with Gasteiger partial charge in [0.05, 0.1) is 15.5 Å². The van der Waals surface area contributed by atoms with Crippen molar-refractivity contribution in [3.8, 4) is 0 Å². The Morgan fingerprint density at radius 2 is 1.00 bits per heavy atom. The predicted molar refractivity (Wildman–Crippen MR) is 206 cm³/mol. The van der Waals surface area contributed by atoms with Gasteiger partial charge in [-0.25, -0.2) is 26.4 Å². The predicted octanol–water partition coefficient (Wildman–Crippen LogP) is 5.43. The molecule has 0 aliphatic carbocycles. The van der Waals surface area contributed by atoms with E-state index < -0.39 is 20.0 Å². The second-order valence-corrected chi connectivity index (χ2v) is 15.7. The van der Waals surface area contributed by atoms with E-state index in [0.29, 0.717) is 40.7 Å². The van der Waals surface area contributed by atoms with Crippen LogP contribution in [-0.4, -0.2) is 75.0 Å². The normalized spacial score (nSPS) is 16.0. The van der Waals surface area contributed by atoms with E-state index in [2.05, 4.69) is 15.6 Å². The van der Waals surface area contributed by atoms with Gasteiger partial charge in [-0.3, -0.25) is 0 Å². The van der Waals surface area contributed by atoms with Crippen LogP contribution in [0.5, 0.6) is 0 Å². The Morgan fingerprint density at radius 1 is 0.625 bits per heavy atom. The number of hydrogen-bond donors (Lipinski definition) is 3. The van der Waals surface area contributed by atoms with Crippen molar-refractivity contribution in [2.45, 2.75) is 61.4 Å². The van der Waals surface area contributed by atoms with Crippen LogP contribution in [0.2, 0.25) is 0 Å². The lowest BCUT2D eigenvalue weighted by Crippen LogP contribution is -2.33. The van der Waals surface area contributed by atoms with Crippen molar-refractivity contribution in [1.82, 2.24) is 8.61 Å². The number of rotatable bonds is 7. The summed E-state index contributed by atoms with van der Waals surface area (Å²) in [6.45, 7) is 5.05. The number of nitrogens with one attached hydrogen (secondary N) is 2. The smallest absolute Gasteiger partial charge is 0.373 e. The zero-order chi connectivity index (χ0) is 41.6. The minimum atomic E-state index is -3.48. The number of hydrogen-bond acceptors (Lipinski definition) is 12. The summed E-state index contributed by atoms with van der Waals surface area (Å²) in [6, 6.07) is 30.4. The SMILES string of the molecule is C[C@@H]1CCCN1S(=O)(=O)c1ccc(N)cc1.C[C@@H]1CCCN1S(=O)(=O)c1ccc(NC(=O)Nc2ccccc2)cc1.O=C=Nc1ccccc1.O=C=O.O=C=O. The molecule has 18 heteroatoms. The van der Waals surface area contributed by atoms with Gasteiger partial charge in [-0.05, 0) is 112 Å². The third-order valence-corrected chi connectivity index (χ3v) is 12.2. The van der Waals surface area contributed by atoms with Crippen LogP contribution in [0.3, 0.4) is 0 Å². The summed E-state index contributed by atoms with van der Waals surface area (Å²) in [6.07, 6.45) is 5.61. The molecule has 0 radical (unpaired) electrons. The van der Waals surface area contributed by atoms with Gasteiger partial charge < -0.3 is 16.4 Å². The van der Waals surface area contributed by atoms with Gasteiger partial charge in [0, 0.05) is 42.2 Å². The third kappa shape index (κ3) is 14.6. The molecule has 4 aromatic rings. The molecule has 2 heterocycles. The van der Waals surface area contributed by atoms with Crippen molar-refractivity contribution >= 4 is 67.2 Å². The maximum atomic E-state index is 12.6. The molecule has 2 saturated heterocycles. The molecule has 0 unspecified atom stereocenters. The quantitative estimate of drug-likeness (QED) is 0.121. The van der Waals surface area contributed by atoms with E-state index >= 15 is 0 Å². The summed E-state index contributed by atoms with van der Waals surface area (Å²) >= 11 is 0. The van der Waals surface area contributed by atoms with Gasteiger partial charge in [-0.1, -0.05) is 36.4 Å². The third-order valence-electron chi connectivity index (χ3n) is 8.15. The van der Waals surface area contributed by atoms with Crippen LogP contribution in [0.25, 0.3) is 0 Å². The zero-order valence-corrected chi connectivity index (χ0v) is 32.2.